The predicted octanol–water partition coefficient (Wildman–Crippen LogP) is 3.43. The molecule has 1 atom stereocenters. The first-order valence-corrected chi connectivity index (χ1v) is 9.17. The van der Waals surface area contributed by atoms with Crippen molar-refractivity contribution in [1.82, 2.24) is 29.9 Å². The van der Waals surface area contributed by atoms with Gasteiger partial charge in [-0.3, -0.25) is 9.78 Å². The van der Waals surface area contributed by atoms with Crippen LogP contribution >= 0.6 is 0 Å². The summed E-state index contributed by atoms with van der Waals surface area (Å²) in [6.45, 7) is 1.96. The highest BCUT2D eigenvalue weighted by Gasteiger charge is 2.14. The van der Waals surface area contributed by atoms with Crippen molar-refractivity contribution in [3.63, 3.8) is 0 Å². The number of imidazole rings is 1. The third-order valence-electron chi connectivity index (χ3n) is 4.91. The van der Waals surface area contributed by atoms with Gasteiger partial charge < -0.3 is 15.3 Å². The highest BCUT2D eigenvalue weighted by Crippen LogP contribution is 2.27. The monoisotopic (exact) mass is 383 g/mol. The molecule has 8 heteroatoms. The van der Waals surface area contributed by atoms with E-state index in [4.69, 9.17) is 0 Å². The van der Waals surface area contributed by atoms with Crippen LogP contribution in [-0.4, -0.2) is 29.9 Å². The smallest absolute Gasteiger partial charge is 0.256 e. The Kier molecular flexibility index (Phi) is 4.02. The van der Waals surface area contributed by atoms with Gasteiger partial charge in [-0.15, -0.1) is 0 Å². The van der Waals surface area contributed by atoms with E-state index in [-0.39, 0.29) is 11.6 Å². The zero-order valence-electron chi connectivity index (χ0n) is 15.5. The van der Waals surface area contributed by atoms with Crippen LogP contribution in [0.5, 0.6) is 0 Å². The molecule has 0 amide bonds. The highest BCUT2D eigenvalue weighted by molar-refractivity contribution is 5.96. The molecular weight excluding hydrogens is 366 g/mol. The average Bonchev–Trinajstić information content (AvgIpc) is 3.24. The topological polar surface area (TPSA) is 112 Å². The Bertz CT molecular complexity index is 1370. The third kappa shape index (κ3) is 3.00. The van der Waals surface area contributed by atoms with E-state index in [0.717, 1.165) is 27.7 Å². The van der Waals surface area contributed by atoms with E-state index in [1.54, 1.807) is 18.7 Å². The van der Waals surface area contributed by atoms with Gasteiger partial charge in [0.25, 0.3) is 5.56 Å². The minimum Gasteiger partial charge on any atom is -0.360 e. The molecule has 0 aliphatic carbocycles. The fraction of sp³-hybridized carbons (Fsp3) is 0.0952. The molecule has 5 aromatic rings. The van der Waals surface area contributed by atoms with E-state index in [0.29, 0.717) is 16.9 Å². The number of hydrogen-bond acceptors (Lipinski definition) is 6. The summed E-state index contributed by atoms with van der Waals surface area (Å²) >= 11 is 0. The van der Waals surface area contributed by atoms with Crippen molar-refractivity contribution in [3.8, 4) is 11.1 Å². The summed E-state index contributed by atoms with van der Waals surface area (Å²) in [5.74, 6) is 0.630. The van der Waals surface area contributed by atoms with Gasteiger partial charge in [0, 0.05) is 23.7 Å². The average molecular weight is 383 g/mol. The lowest BCUT2D eigenvalue weighted by atomic mass is 9.99. The summed E-state index contributed by atoms with van der Waals surface area (Å²) in [4.78, 5) is 35.7. The number of H-pyrrole nitrogens is 2. The molecule has 0 unspecified atom stereocenters. The lowest BCUT2D eigenvalue weighted by Crippen LogP contribution is -2.16. The SMILES string of the molecule is C[C@@H](Nc1ncnc2nc[nH]c12)c1cc2cccc(-c3cccnc3)c2c(=O)[nH]1. The normalized spacial score (nSPS) is 12.3. The Labute approximate surface area is 165 Å². The Balaban J connectivity index is 1.56. The van der Waals surface area contributed by atoms with Gasteiger partial charge in [-0.2, -0.15) is 0 Å². The summed E-state index contributed by atoms with van der Waals surface area (Å²) in [5.41, 5.74) is 3.70. The maximum Gasteiger partial charge on any atom is 0.256 e. The predicted molar refractivity (Wildman–Crippen MR) is 112 cm³/mol. The van der Waals surface area contributed by atoms with Crippen LogP contribution in [0.1, 0.15) is 18.7 Å². The van der Waals surface area contributed by atoms with Gasteiger partial charge in [-0.1, -0.05) is 24.3 Å². The van der Waals surface area contributed by atoms with Crippen LogP contribution in [0.4, 0.5) is 5.82 Å². The number of aromatic nitrogens is 6. The van der Waals surface area contributed by atoms with Crippen molar-refractivity contribution >= 4 is 27.8 Å². The van der Waals surface area contributed by atoms with Crippen LogP contribution in [-0.2, 0) is 0 Å². The summed E-state index contributed by atoms with van der Waals surface area (Å²) < 4.78 is 0. The van der Waals surface area contributed by atoms with Crippen LogP contribution in [0, 0.1) is 0 Å². The van der Waals surface area contributed by atoms with E-state index >= 15 is 0 Å². The second kappa shape index (κ2) is 6.83. The molecule has 4 aromatic heterocycles. The molecule has 0 bridgehead atoms. The van der Waals surface area contributed by atoms with E-state index in [9.17, 15) is 4.79 Å². The molecule has 0 saturated carbocycles. The Hall–Kier alpha value is -4.07. The number of aromatic amines is 2. The highest BCUT2D eigenvalue weighted by atomic mass is 16.1. The van der Waals surface area contributed by atoms with Crippen LogP contribution in [0.15, 0.2) is 66.2 Å². The number of fused-ring (bicyclic) bond motifs is 2. The van der Waals surface area contributed by atoms with Gasteiger partial charge in [-0.25, -0.2) is 15.0 Å². The lowest BCUT2D eigenvalue weighted by molar-refractivity contribution is 0.830. The van der Waals surface area contributed by atoms with Crippen LogP contribution in [0.2, 0.25) is 0 Å². The molecule has 0 aliphatic heterocycles. The van der Waals surface area contributed by atoms with Crippen molar-refractivity contribution in [1.29, 1.82) is 0 Å². The van der Waals surface area contributed by atoms with Gasteiger partial charge in [0.15, 0.2) is 11.5 Å². The number of nitrogens with zero attached hydrogens (tertiary/aromatic N) is 4. The zero-order valence-corrected chi connectivity index (χ0v) is 15.5. The molecule has 8 nitrogen and oxygen atoms in total. The van der Waals surface area contributed by atoms with Crippen LogP contribution < -0.4 is 10.9 Å². The second-order valence-corrected chi connectivity index (χ2v) is 6.75. The van der Waals surface area contributed by atoms with Gasteiger partial charge in [0.05, 0.1) is 17.8 Å². The largest absolute Gasteiger partial charge is 0.360 e. The third-order valence-corrected chi connectivity index (χ3v) is 4.91. The Morgan fingerprint density at radius 3 is 2.90 bits per heavy atom. The number of nitrogens with one attached hydrogen (secondary N) is 3. The van der Waals surface area contributed by atoms with Crippen molar-refractivity contribution in [2.24, 2.45) is 0 Å². The van der Waals surface area contributed by atoms with E-state index in [1.165, 1.54) is 6.33 Å². The van der Waals surface area contributed by atoms with Gasteiger partial charge >= 0.3 is 0 Å². The molecule has 4 heterocycles. The number of pyridine rings is 2. The summed E-state index contributed by atoms with van der Waals surface area (Å²) in [6.07, 6.45) is 6.51. The molecular formula is C21H17N7O. The quantitative estimate of drug-likeness (QED) is 0.438. The molecule has 29 heavy (non-hydrogen) atoms. The fourth-order valence-electron chi connectivity index (χ4n) is 3.49. The molecule has 0 spiro atoms. The van der Waals surface area contributed by atoms with Gasteiger partial charge in [0.2, 0.25) is 0 Å². The number of benzene rings is 1. The summed E-state index contributed by atoms with van der Waals surface area (Å²) in [7, 11) is 0. The molecule has 5 rings (SSSR count). The van der Waals surface area contributed by atoms with Crippen molar-refractivity contribution < 1.29 is 0 Å². The van der Waals surface area contributed by atoms with Crippen molar-refractivity contribution in [2.75, 3.05) is 5.32 Å². The Morgan fingerprint density at radius 1 is 1.10 bits per heavy atom. The molecule has 1 aromatic carbocycles. The first-order valence-electron chi connectivity index (χ1n) is 9.17. The first kappa shape index (κ1) is 17.1. The minimum absolute atomic E-state index is 0.139. The first-order chi connectivity index (χ1) is 14.2. The van der Waals surface area contributed by atoms with Crippen LogP contribution in [0.3, 0.4) is 0 Å². The number of hydrogen-bond donors (Lipinski definition) is 3. The van der Waals surface area contributed by atoms with E-state index in [1.807, 2.05) is 43.3 Å². The molecule has 0 radical (unpaired) electrons. The Morgan fingerprint density at radius 2 is 2.03 bits per heavy atom. The van der Waals surface area contributed by atoms with Gasteiger partial charge in [-0.05, 0) is 30.0 Å². The standard InChI is InChI=1S/C21H17N7O/c1-12(27-20-18-19(24-10-23-18)25-11-26-20)16-8-13-4-2-6-15(17(13)21(29)28-16)14-5-3-7-22-9-14/h2-12H,1H3,(H,28,29)(H2,23,24,25,26,27)/t12-/m1/s1. The van der Waals surface area contributed by atoms with E-state index in [2.05, 4.69) is 35.2 Å². The number of anilines is 1. The van der Waals surface area contributed by atoms with Crippen molar-refractivity contribution in [3.05, 3.63) is 77.5 Å². The fourth-order valence-corrected chi connectivity index (χ4v) is 3.49. The molecule has 0 aliphatic rings. The molecule has 3 N–H and O–H groups in total. The number of rotatable bonds is 4. The molecule has 0 fully saturated rings. The molecule has 0 saturated heterocycles. The van der Waals surface area contributed by atoms with Crippen molar-refractivity contribution in [2.45, 2.75) is 13.0 Å². The second-order valence-electron chi connectivity index (χ2n) is 6.75. The lowest BCUT2D eigenvalue weighted by Gasteiger charge is -2.16. The minimum atomic E-state index is -0.185. The van der Waals surface area contributed by atoms with Gasteiger partial charge in [0.1, 0.15) is 11.8 Å². The molecule has 142 valence electrons. The zero-order chi connectivity index (χ0) is 19.8. The maximum absolute atomic E-state index is 13.0. The maximum atomic E-state index is 13.0. The van der Waals surface area contributed by atoms with E-state index < -0.39 is 0 Å². The van der Waals surface area contributed by atoms with Crippen LogP contribution in [0.25, 0.3) is 33.1 Å². The summed E-state index contributed by atoms with van der Waals surface area (Å²) in [5, 5.41) is 4.84. The summed E-state index contributed by atoms with van der Waals surface area (Å²) in [6, 6.07) is 11.4.